The van der Waals surface area contributed by atoms with E-state index in [2.05, 4.69) is 10.6 Å². The Kier molecular flexibility index (Phi) is 7.85. The van der Waals surface area contributed by atoms with Crippen molar-refractivity contribution in [3.05, 3.63) is 35.6 Å². The monoisotopic (exact) mass is 337 g/mol. The summed E-state index contributed by atoms with van der Waals surface area (Å²) in [5, 5.41) is 5.50. The zero-order valence-corrected chi connectivity index (χ0v) is 15.0. The van der Waals surface area contributed by atoms with Gasteiger partial charge in [0.2, 0.25) is 11.8 Å². The van der Waals surface area contributed by atoms with Crippen molar-refractivity contribution >= 4 is 11.8 Å². The molecule has 0 saturated heterocycles. The fraction of sp³-hybridized carbons (Fsp3) is 0.556. The van der Waals surface area contributed by atoms with E-state index in [1.165, 1.54) is 6.07 Å². The molecule has 0 aliphatic carbocycles. The minimum Gasteiger partial charge on any atom is -0.355 e. The number of carbonyl (C=O) groups excluding carboxylic acids is 2. The molecular weight excluding hydrogens is 309 g/mol. The Labute approximate surface area is 143 Å². The molecule has 6 heteroatoms. The molecule has 0 fully saturated rings. The first-order chi connectivity index (χ1) is 11.2. The molecule has 1 aromatic rings. The Morgan fingerprint density at radius 1 is 1.08 bits per heavy atom. The van der Waals surface area contributed by atoms with Crippen molar-refractivity contribution in [1.82, 2.24) is 15.5 Å². The van der Waals surface area contributed by atoms with E-state index >= 15 is 0 Å². The number of rotatable bonds is 9. The molecule has 0 unspecified atom stereocenters. The molecular formula is C18H28FN3O2. The molecule has 1 aromatic carbocycles. The number of halogens is 1. The lowest BCUT2D eigenvalue weighted by atomic mass is 9.91. The molecule has 0 aliphatic rings. The van der Waals surface area contributed by atoms with E-state index in [0.29, 0.717) is 18.5 Å². The SMILES string of the molecule is CN(C)CCCNC(=O)C(C)(C)C(=O)NCCc1ccccc1F. The Bertz CT molecular complexity index is 559. The number of nitrogens with zero attached hydrogens (tertiary/aromatic N) is 1. The summed E-state index contributed by atoms with van der Waals surface area (Å²) in [7, 11) is 3.93. The van der Waals surface area contributed by atoms with Gasteiger partial charge < -0.3 is 15.5 Å². The zero-order chi connectivity index (χ0) is 18.2. The molecule has 0 heterocycles. The van der Waals surface area contributed by atoms with Crippen molar-refractivity contribution in [2.45, 2.75) is 26.7 Å². The number of hydrogen-bond donors (Lipinski definition) is 2. The van der Waals surface area contributed by atoms with Gasteiger partial charge in [0.25, 0.3) is 0 Å². The van der Waals surface area contributed by atoms with Gasteiger partial charge in [0.1, 0.15) is 11.2 Å². The summed E-state index contributed by atoms with van der Waals surface area (Å²) in [6.45, 7) is 4.87. The molecule has 0 aliphatic heterocycles. The van der Waals surface area contributed by atoms with Gasteiger partial charge in [-0.3, -0.25) is 9.59 Å². The predicted octanol–water partition coefficient (Wildman–Crippen LogP) is 1.58. The van der Waals surface area contributed by atoms with Gasteiger partial charge >= 0.3 is 0 Å². The van der Waals surface area contributed by atoms with Crippen LogP contribution in [0, 0.1) is 11.2 Å². The minimum absolute atomic E-state index is 0.287. The van der Waals surface area contributed by atoms with Crippen LogP contribution in [0.15, 0.2) is 24.3 Å². The molecule has 0 saturated carbocycles. The van der Waals surface area contributed by atoms with E-state index in [-0.39, 0.29) is 24.2 Å². The smallest absolute Gasteiger partial charge is 0.235 e. The highest BCUT2D eigenvalue weighted by molar-refractivity contribution is 6.04. The molecule has 134 valence electrons. The van der Waals surface area contributed by atoms with Gasteiger partial charge in [-0.2, -0.15) is 0 Å². The van der Waals surface area contributed by atoms with Gasteiger partial charge in [0, 0.05) is 13.1 Å². The Morgan fingerprint density at radius 2 is 1.67 bits per heavy atom. The van der Waals surface area contributed by atoms with Crippen molar-refractivity contribution in [2.24, 2.45) is 5.41 Å². The molecule has 24 heavy (non-hydrogen) atoms. The van der Waals surface area contributed by atoms with Gasteiger partial charge in [0.05, 0.1) is 0 Å². The molecule has 0 atom stereocenters. The quantitative estimate of drug-likeness (QED) is 0.531. The first-order valence-corrected chi connectivity index (χ1v) is 8.20. The summed E-state index contributed by atoms with van der Waals surface area (Å²) in [5.74, 6) is -0.946. The van der Waals surface area contributed by atoms with Crippen molar-refractivity contribution in [3.8, 4) is 0 Å². The van der Waals surface area contributed by atoms with Crippen LogP contribution < -0.4 is 10.6 Å². The number of hydrogen-bond acceptors (Lipinski definition) is 3. The molecule has 0 aromatic heterocycles. The Hall–Kier alpha value is -1.95. The molecule has 0 bridgehead atoms. The summed E-state index contributed by atoms with van der Waals surface area (Å²) in [4.78, 5) is 26.5. The van der Waals surface area contributed by atoms with Gasteiger partial charge in [-0.15, -0.1) is 0 Å². The fourth-order valence-electron chi connectivity index (χ4n) is 2.15. The molecule has 5 nitrogen and oxygen atoms in total. The van der Waals surface area contributed by atoms with E-state index in [0.717, 1.165) is 13.0 Å². The highest BCUT2D eigenvalue weighted by Gasteiger charge is 2.35. The number of amides is 2. The first-order valence-electron chi connectivity index (χ1n) is 8.20. The second-order valence-electron chi connectivity index (χ2n) is 6.64. The molecule has 0 spiro atoms. The van der Waals surface area contributed by atoms with Crippen LogP contribution in [0.4, 0.5) is 4.39 Å². The lowest BCUT2D eigenvalue weighted by molar-refractivity contribution is -0.141. The van der Waals surface area contributed by atoms with Crippen LogP contribution in [0.2, 0.25) is 0 Å². The first kappa shape index (κ1) is 20.1. The average Bonchev–Trinajstić information content (AvgIpc) is 2.52. The molecule has 2 N–H and O–H groups in total. The summed E-state index contributed by atoms with van der Waals surface area (Å²) >= 11 is 0. The highest BCUT2D eigenvalue weighted by atomic mass is 19.1. The third kappa shape index (κ3) is 6.28. The zero-order valence-electron chi connectivity index (χ0n) is 15.0. The second-order valence-corrected chi connectivity index (χ2v) is 6.64. The van der Waals surface area contributed by atoms with Gasteiger partial charge in [-0.25, -0.2) is 4.39 Å². The standard InChI is InChI=1S/C18H28FN3O2/c1-18(2,16(23)20-11-7-13-22(3)4)17(24)21-12-10-14-8-5-6-9-15(14)19/h5-6,8-9H,7,10-13H2,1-4H3,(H,20,23)(H,21,24). The number of benzene rings is 1. The Morgan fingerprint density at radius 3 is 2.25 bits per heavy atom. The van der Waals surface area contributed by atoms with E-state index in [1.807, 2.05) is 19.0 Å². The van der Waals surface area contributed by atoms with Crippen LogP contribution in [-0.4, -0.2) is 50.4 Å². The Balaban J connectivity index is 2.41. The fourth-order valence-corrected chi connectivity index (χ4v) is 2.15. The summed E-state index contributed by atoms with van der Waals surface area (Å²) in [6.07, 6.45) is 1.21. The van der Waals surface area contributed by atoms with Crippen LogP contribution in [-0.2, 0) is 16.0 Å². The van der Waals surface area contributed by atoms with Crippen LogP contribution in [0.5, 0.6) is 0 Å². The van der Waals surface area contributed by atoms with Crippen molar-refractivity contribution < 1.29 is 14.0 Å². The van der Waals surface area contributed by atoms with Gasteiger partial charge in [0.15, 0.2) is 0 Å². The van der Waals surface area contributed by atoms with Crippen molar-refractivity contribution in [1.29, 1.82) is 0 Å². The van der Waals surface area contributed by atoms with Crippen LogP contribution in [0.25, 0.3) is 0 Å². The molecule has 2 amide bonds. The molecule has 1 rings (SSSR count). The van der Waals surface area contributed by atoms with E-state index in [1.54, 1.807) is 32.0 Å². The van der Waals surface area contributed by atoms with E-state index in [4.69, 9.17) is 0 Å². The van der Waals surface area contributed by atoms with E-state index < -0.39 is 5.41 Å². The third-order valence-corrected chi connectivity index (χ3v) is 3.84. The van der Waals surface area contributed by atoms with E-state index in [9.17, 15) is 14.0 Å². The van der Waals surface area contributed by atoms with Crippen molar-refractivity contribution in [2.75, 3.05) is 33.7 Å². The maximum atomic E-state index is 13.5. The van der Waals surface area contributed by atoms with Gasteiger partial charge in [-0.1, -0.05) is 18.2 Å². The minimum atomic E-state index is -1.16. The highest BCUT2D eigenvalue weighted by Crippen LogP contribution is 2.15. The lowest BCUT2D eigenvalue weighted by Crippen LogP contribution is -2.48. The maximum absolute atomic E-state index is 13.5. The van der Waals surface area contributed by atoms with Crippen LogP contribution in [0.3, 0.4) is 0 Å². The van der Waals surface area contributed by atoms with Crippen LogP contribution >= 0.6 is 0 Å². The third-order valence-electron chi connectivity index (χ3n) is 3.84. The number of nitrogens with one attached hydrogen (secondary N) is 2. The average molecular weight is 337 g/mol. The maximum Gasteiger partial charge on any atom is 0.235 e. The van der Waals surface area contributed by atoms with Crippen LogP contribution in [0.1, 0.15) is 25.8 Å². The second kappa shape index (κ2) is 9.37. The summed E-state index contributed by atoms with van der Waals surface area (Å²) in [5.41, 5.74) is -0.614. The topological polar surface area (TPSA) is 61.4 Å². The lowest BCUT2D eigenvalue weighted by Gasteiger charge is -2.23. The summed E-state index contributed by atoms with van der Waals surface area (Å²) in [6, 6.07) is 6.46. The predicted molar refractivity (Wildman–Crippen MR) is 93.1 cm³/mol. The number of carbonyl (C=O) groups is 2. The van der Waals surface area contributed by atoms with Crippen molar-refractivity contribution in [3.63, 3.8) is 0 Å². The normalized spacial score (nSPS) is 11.4. The largest absolute Gasteiger partial charge is 0.355 e. The molecule has 0 radical (unpaired) electrons. The summed E-state index contributed by atoms with van der Waals surface area (Å²) < 4.78 is 13.5. The van der Waals surface area contributed by atoms with Gasteiger partial charge in [-0.05, 0) is 59.0 Å².